The molecule has 1 saturated heterocycles. The Morgan fingerprint density at radius 3 is 2.85 bits per heavy atom. The molecule has 1 nitrogen and oxygen atoms in total. The molecular weight excluding hydrogens is 158 g/mol. The molecule has 1 heterocycles. The predicted molar refractivity (Wildman–Crippen MR) is 59.0 cm³/mol. The van der Waals surface area contributed by atoms with Gasteiger partial charge in [0.1, 0.15) is 0 Å². The van der Waals surface area contributed by atoms with Crippen molar-refractivity contribution < 1.29 is 0 Å². The lowest BCUT2D eigenvalue weighted by Crippen LogP contribution is -2.35. The first-order chi connectivity index (χ1) is 6.24. The summed E-state index contributed by atoms with van der Waals surface area (Å²) < 4.78 is 0. The monoisotopic (exact) mass is 183 g/mol. The predicted octanol–water partition coefficient (Wildman–Crippen LogP) is 3.30. The van der Waals surface area contributed by atoms with E-state index in [0.29, 0.717) is 0 Å². The molecule has 1 rings (SSSR count). The topological polar surface area (TPSA) is 3.24 Å². The number of likely N-dealkylation sites (tertiary alicyclic amines) is 1. The second-order valence-electron chi connectivity index (χ2n) is 4.73. The van der Waals surface area contributed by atoms with Crippen LogP contribution in [0.5, 0.6) is 0 Å². The quantitative estimate of drug-likeness (QED) is 0.649. The van der Waals surface area contributed by atoms with Gasteiger partial charge in [0.05, 0.1) is 0 Å². The second-order valence-corrected chi connectivity index (χ2v) is 4.73. The zero-order chi connectivity index (χ0) is 9.68. The largest absolute Gasteiger partial charge is 0.300 e. The summed E-state index contributed by atoms with van der Waals surface area (Å²) in [4.78, 5) is 2.70. The molecule has 1 fully saturated rings. The average Bonchev–Trinajstić information content (AvgIpc) is 2.30. The molecule has 78 valence electrons. The van der Waals surface area contributed by atoms with Gasteiger partial charge in [0.25, 0.3) is 0 Å². The van der Waals surface area contributed by atoms with Crippen molar-refractivity contribution in [1.29, 1.82) is 0 Å². The lowest BCUT2D eigenvalue weighted by atomic mass is 10.1. The maximum Gasteiger partial charge on any atom is 0.00669 e. The summed E-state index contributed by atoms with van der Waals surface area (Å²) >= 11 is 0. The van der Waals surface area contributed by atoms with Crippen molar-refractivity contribution in [1.82, 2.24) is 4.90 Å². The van der Waals surface area contributed by atoms with Gasteiger partial charge in [-0.25, -0.2) is 0 Å². The molecule has 0 aromatic rings. The van der Waals surface area contributed by atoms with Gasteiger partial charge in [-0.3, -0.25) is 0 Å². The first kappa shape index (κ1) is 11.0. The maximum absolute atomic E-state index is 2.70. The first-order valence-corrected chi connectivity index (χ1v) is 5.98. The molecule has 0 spiro atoms. The van der Waals surface area contributed by atoms with Crippen LogP contribution in [-0.2, 0) is 0 Å². The van der Waals surface area contributed by atoms with Gasteiger partial charge in [-0.15, -0.1) is 0 Å². The first-order valence-electron chi connectivity index (χ1n) is 5.98. The Bertz CT molecular complexity index is 133. The van der Waals surface area contributed by atoms with E-state index in [1.807, 2.05) is 0 Å². The number of nitrogens with zero attached hydrogens (tertiary/aromatic N) is 1. The minimum Gasteiger partial charge on any atom is -0.300 e. The Labute approximate surface area is 83.5 Å². The molecule has 2 unspecified atom stereocenters. The Balaban J connectivity index is 2.37. The van der Waals surface area contributed by atoms with E-state index in [1.54, 1.807) is 0 Å². The van der Waals surface area contributed by atoms with Crippen LogP contribution in [0.2, 0.25) is 0 Å². The minimum atomic E-state index is 0.811. The van der Waals surface area contributed by atoms with E-state index in [9.17, 15) is 0 Å². The standard InChI is InChI=1S/C12H25N/c1-4-7-12(3)13-9-6-5-8-11(2)10-13/h11-12H,4-10H2,1-3H3. The van der Waals surface area contributed by atoms with Crippen molar-refractivity contribution in [3.05, 3.63) is 0 Å². The maximum atomic E-state index is 2.70. The second kappa shape index (κ2) is 5.64. The zero-order valence-corrected chi connectivity index (χ0v) is 9.55. The molecule has 2 atom stereocenters. The number of hydrogen-bond acceptors (Lipinski definition) is 1. The van der Waals surface area contributed by atoms with E-state index >= 15 is 0 Å². The normalized spacial score (nSPS) is 28.4. The van der Waals surface area contributed by atoms with E-state index in [0.717, 1.165) is 12.0 Å². The molecule has 13 heavy (non-hydrogen) atoms. The number of hydrogen-bond donors (Lipinski definition) is 0. The Morgan fingerprint density at radius 2 is 2.15 bits per heavy atom. The molecule has 1 aliphatic heterocycles. The fourth-order valence-electron chi connectivity index (χ4n) is 2.39. The summed E-state index contributed by atoms with van der Waals surface area (Å²) in [5.74, 6) is 0.918. The summed E-state index contributed by atoms with van der Waals surface area (Å²) in [7, 11) is 0. The van der Waals surface area contributed by atoms with Crippen molar-refractivity contribution >= 4 is 0 Å². The van der Waals surface area contributed by atoms with Crippen LogP contribution in [0.4, 0.5) is 0 Å². The smallest absolute Gasteiger partial charge is 0.00669 e. The molecule has 0 aromatic carbocycles. The summed E-state index contributed by atoms with van der Waals surface area (Å²) in [6.45, 7) is 9.75. The van der Waals surface area contributed by atoms with Crippen LogP contribution in [0.15, 0.2) is 0 Å². The van der Waals surface area contributed by atoms with Crippen LogP contribution in [0, 0.1) is 5.92 Å². The van der Waals surface area contributed by atoms with Crippen molar-refractivity contribution in [2.75, 3.05) is 13.1 Å². The van der Waals surface area contributed by atoms with Gasteiger partial charge >= 0.3 is 0 Å². The average molecular weight is 183 g/mol. The SMILES string of the molecule is CCCC(C)N1CCCCC(C)C1. The molecule has 0 aliphatic carbocycles. The molecule has 0 saturated carbocycles. The molecule has 0 bridgehead atoms. The lowest BCUT2D eigenvalue weighted by molar-refractivity contribution is 0.186. The van der Waals surface area contributed by atoms with Gasteiger partial charge in [-0.2, -0.15) is 0 Å². The molecule has 0 N–H and O–H groups in total. The molecule has 1 aliphatic rings. The fraction of sp³-hybridized carbons (Fsp3) is 1.00. The Morgan fingerprint density at radius 1 is 1.38 bits per heavy atom. The van der Waals surface area contributed by atoms with E-state index < -0.39 is 0 Å². The molecular formula is C12H25N. The lowest BCUT2D eigenvalue weighted by Gasteiger charge is -2.29. The minimum absolute atomic E-state index is 0.811. The van der Waals surface area contributed by atoms with Gasteiger partial charge < -0.3 is 4.90 Å². The van der Waals surface area contributed by atoms with Crippen LogP contribution >= 0.6 is 0 Å². The Kier molecular flexibility index (Phi) is 4.79. The third-order valence-electron chi connectivity index (χ3n) is 3.27. The summed E-state index contributed by atoms with van der Waals surface area (Å²) in [6, 6.07) is 0.811. The van der Waals surface area contributed by atoms with Gasteiger partial charge in [0.15, 0.2) is 0 Å². The van der Waals surface area contributed by atoms with Crippen molar-refractivity contribution in [2.24, 2.45) is 5.92 Å². The summed E-state index contributed by atoms with van der Waals surface area (Å²) in [5, 5.41) is 0. The van der Waals surface area contributed by atoms with E-state index in [-0.39, 0.29) is 0 Å². The highest BCUT2D eigenvalue weighted by molar-refractivity contribution is 4.73. The molecule has 0 aromatic heterocycles. The molecule has 0 amide bonds. The van der Waals surface area contributed by atoms with Crippen LogP contribution in [0.1, 0.15) is 52.9 Å². The van der Waals surface area contributed by atoms with Gasteiger partial charge in [0, 0.05) is 12.6 Å². The van der Waals surface area contributed by atoms with Crippen LogP contribution in [0.25, 0.3) is 0 Å². The van der Waals surface area contributed by atoms with E-state index in [2.05, 4.69) is 25.7 Å². The van der Waals surface area contributed by atoms with Gasteiger partial charge in [-0.1, -0.05) is 26.7 Å². The zero-order valence-electron chi connectivity index (χ0n) is 9.55. The third kappa shape index (κ3) is 3.68. The number of rotatable bonds is 3. The van der Waals surface area contributed by atoms with Crippen LogP contribution < -0.4 is 0 Å². The van der Waals surface area contributed by atoms with Crippen molar-refractivity contribution in [3.8, 4) is 0 Å². The fourth-order valence-corrected chi connectivity index (χ4v) is 2.39. The van der Waals surface area contributed by atoms with Crippen molar-refractivity contribution in [3.63, 3.8) is 0 Å². The highest BCUT2D eigenvalue weighted by Gasteiger charge is 2.18. The highest BCUT2D eigenvalue weighted by atomic mass is 15.1. The summed E-state index contributed by atoms with van der Waals surface area (Å²) in [6.07, 6.45) is 6.99. The summed E-state index contributed by atoms with van der Waals surface area (Å²) in [5.41, 5.74) is 0. The Hall–Kier alpha value is -0.0400. The molecule has 0 radical (unpaired) electrons. The highest BCUT2D eigenvalue weighted by Crippen LogP contribution is 2.18. The van der Waals surface area contributed by atoms with Crippen molar-refractivity contribution in [2.45, 2.75) is 58.9 Å². The van der Waals surface area contributed by atoms with Gasteiger partial charge in [-0.05, 0) is 38.6 Å². The van der Waals surface area contributed by atoms with Crippen LogP contribution in [-0.4, -0.2) is 24.0 Å². The molecule has 1 heteroatoms. The third-order valence-corrected chi connectivity index (χ3v) is 3.27. The van der Waals surface area contributed by atoms with Crippen LogP contribution in [0.3, 0.4) is 0 Å². The van der Waals surface area contributed by atoms with E-state index in [1.165, 1.54) is 45.2 Å². The van der Waals surface area contributed by atoms with Gasteiger partial charge in [0.2, 0.25) is 0 Å². The van der Waals surface area contributed by atoms with E-state index in [4.69, 9.17) is 0 Å².